The van der Waals surface area contributed by atoms with Crippen LogP contribution in [-0.2, 0) is 4.74 Å². The highest BCUT2D eigenvalue weighted by molar-refractivity contribution is 5.83. The number of hydrogen-bond donors (Lipinski definition) is 2. The summed E-state index contributed by atoms with van der Waals surface area (Å²) in [5.41, 5.74) is 2.59. The Morgan fingerprint density at radius 3 is 2.29 bits per heavy atom. The van der Waals surface area contributed by atoms with Crippen molar-refractivity contribution in [1.82, 2.24) is 4.98 Å². The van der Waals surface area contributed by atoms with E-state index in [-0.39, 0.29) is 0 Å². The summed E-state index contributed by atoms with van der Waals surface area (Å²) in [6.07, 6.45) is 3.69. The van der Waals surface area contributed by atoms with Gasteiger partial charge in [0, 0.05) is 24.5 Å². The summed E-state index contributed by atoms with van der Waals surface area (Å²) in [7, 11) is 0. The molecule has 0 saturated carbocycles. The molecule has 1 aliphatic heterocycles. The summed E-state index contributed by atoms with van der Waals surface area (Å²) in [5.74, 6) is 1.28. The third kappa shape index (κ3) is 5.87. The molecule has 0 spiro atoms. The third-order valence-electron chi connectivity index (χ3n) is 4.70. The van der Waals surface area contributed by atoms with Crippen molar-refractivity contribution in [2.45, 2.75) is 46.1 Å². The lowest BCUT2D eigenvalue weighted by Gasteiger charge is -2.32. The minimum absolute atomic E-state index is 0.453. The number of anilines is 4. The van der Waals surface area contributed by atoms with Gasteiger partial charge in [0.05, 0.1) is 11.9 Å². The lowest BCUT2D eigenvalue weighted by Crippen LogP contribution is -2.32. The number of pyridine rings is 1. The van der Waals surface area contributed by atoms with Gasteiger partial charge in [-0.05, 0) is 75.9 Å². The Balaban J connectivity index is 1.54. The summed E-state index contributed by atoms with van der Waals surface area (Å²) >= 11 is 0. The number of aromatic nitrogens is 1. The van der Waals surface area contributed by atoms with E-state index >= 15 is 0 Å². The van der Waals surface area contributed by atoms with Gasteiger partial charge in [-0.15, -0.1) is 0 Å². The monoisotopic (exact) mass is 382 g/mol. The molecule has 1 saturated heterocycles. The predicted octanol–water partition coefficient (Wildman–Crippen LogP) is 5.41. The number of carbonyl (C=O) groups is 1. The van der Waals surface area contributed by atoms with Crippen LogP contribution >= 0.6 is 0 Å². The van der Waals surface area contributed by atoms with Crippen molar-refractivity contribution >= 4 is 29.0 Å². The number of piperidine rings is 1. The molecule has 3 rings (SSSR count). The van der Waals surface area contributed by atoms with Crippen molar-refractivity contribution in [2.24, 2.45) is 5.92 Å². The summed E-state index contributed by atoms with van der Waals surface area (Å²) < 4.78 is 5.22. The standard InChI is InChI=1S/C22H30N4O2/c1-16-11-13-26(14-12-16)19-8-5-17(6-9-19)24-18-7-10-20(23-15-18)25-21(27)28-22(2,3)4/h5-10,15-16,24H,11-14H2,1-4H3,(H,23,25,27). The normalized spacial score (nSPS) is 15.2. The predicted molar refractivity (Wildman–Crippen MR) is 114 cm³/mol. The van der Waals surface area contributed by atoms with E-state index in [4.69, 9.17) is 4.74 Å². The van der Waals surface area contributed by atoms with E-state index < -0.39 is 11.7 Å². The molecule has 150 valence electrons. The van der Waals surface area contributed by atoms with Gasteiger partial charge in [0.15, 0.2) is 0 Å². The molecule has 2 heterocycles. The van der Waals surface area contributed by atoms with Gasteiger partial charge in [0.25, 0.3) is 0 Å². The molecule has 1 aromatic carbocycles. The number of nitrogens with one attached hydrogen (secondary N) is 2. The Hall–Kier alpha value is -2.76. The number of amides is 1. The van der Waals surface area contributed by atoms with Crippen molar-refractivity contribution in [3.63, 3.8) is 0 Å². The topological polar surface area (TPSA) is 66.5 Å². The molecule has 0 radical (unpaired) electrons. The Morgan fingerprint density at radius 1 is 1.07 bits per heavy atom. The Bertz CT molecular complexity index is 774. The quantitative estimate of drug-likeness (QED) is 0.740. The van der Waals surface area contributed by atoms with E-state index in [2.05, 4.69) is 51.7 Å². The van der Waals surface area contributed by atoms with Crippen molar-refractivity contribution in [1.29, 1.82) is 0 Å². The van der Waals surface area contributed by atoms with Crippen LogP contribution in [0, 0.1) is 5.92 Å². The molecule has 1 amide bonds. The van der Waals surface area contributed by atoms with Crippen LogP contribution in [0.1, 0.15) is 40.5 Å². The lowest BCUT2D eigenvalue weighted by atomic mass is 9.99. The molecule has 0 aliphatic carbocycles. The molecule has 0 bridgehead atoms. The van der Waals surface area contributed by atoms with Crippen molar-refractivity contribution < 1.29 is 9.53 Å². The maximum atomic E-state index is 11.8. The zero-order chi connectivity index (χ0) is 20.1. The fraction of sp³-hybridized carbons (Fsp3) is 0.455. The van der Waals surface area contributed by atoms with Crippen molar-refractivity contribution in [3.8, 4) is 0 Å². The van der Waals surface area contributed by atoms with Gasteiger partial charge < -0.3 is 15.0 Å². The minimum Gasteiger partial charge on any atom is -0.444 e. The van der Waals surface area contributed by atoms with Crippen LogP contribution in [0.15, 0.2) is 42.6 Å². The molecular weight excluding hydrogens is 352 g/mol. The van der Waals surface area contributed by atoms with E-state index in [1.807, 2.05) is 26.8 Å². The molecule has 0 atom stereocenters. The molecule has 6 nitrogen and oxygen atoms in total. The summed E-state index contributed by atoms with van der Waals surface area (Å²) in [6, 6.07) is 12.1. The molecule has 2 N–H and O–H groups in total. The molecule has 6 heteroatoms. The molecular formula is C22H30N4O2. The Kier molecular flexibility index (Phi) is 6.07. The van der Waals surface area contributed by atoms with Crippen molar-refractivity contribution in [3.05, 3.63) is 42.6 Å². The van der Waals surface area contributed by atoms with E-state index in [0.29, 0.717) is 5.82 Å². The molecule has 1 aliphatic rings. The second-order valence-electron chi connectivity index (χ2n) is 8.40. The minimum atomic E-state index is -0.538. The molecule has 0 unspecified atom stereocenters. The molecule has 1 aromatic heterocycles. The first-order valence-corrected chi connectivity index (χ1v) is 9.86. The van der Waals surface area contributed by atoms with Gasteiger partial charge >= 0.3 is 6.09 Å². The van der Waals surface area contributed by atoms with Gasteiger partial charge in [0.2, 0.25) is 0 Å². The molecule has 2 aromatic rings. The number of ether oxygens (including phenoxy) is 1. The number of nitrogens with zero attached hydrogens (tertiary/aromatic N) is 2. The van der Waals surface area contributed by atoms with Crippen LogP contribution in [0.4, 0.5) is 27.7 Å². The van der Waals surface area contributed by atoms with E-state index in [1.165, 1.54) is 18.5 Å². The second-order valence-corrected chi connectivity index (χ2v) is 8.40. The van der Waals surface area contributed by atoms with Gasteiger partial charge in [-0.1, -0.05) is 6.92 Å². The van der Waals surface area contributed by atoms with Gasteiger partial charge in [-0.2, -0.15) is 0 Å². The van der Waals surface area contributed by atoms with Gasteiger partial charge in [0.1, 0.15) is 11.4 Å². The highest BCUT2D eigenvalue weighted by atomic mass is 16.6. The average molecular weight is 383 g/mol. The van der Waals surface area contributed by atoms with Crippen LogP contribution < -0.4 is 15.5 Å². The van der Waals surface area contributed by atoms with Crippen LogP contribution in [-0.4, -0.2) is 29.8 Å². The Labute approximate surface area is 167 Å². The molecule has 28 heavy (non-hydrogen) atoms. The fourth-order valence-electron chi connectivity index (χ4n) is 3.14. The number of carbonyl (C=O) groups excluding carboxylic acids is 1. The average Bonchev–Trinajstić information content (AvgIpc) is 2.63. The number of rotatable bonds is 4. The number of hydrogen-bond acceptors (Lipinski definition) is 5. The lowest BCUT2D eigenvalue weighted by molar-refractivity contribution is 0.0635. The summed E-state index contributed by atoms with van der Waals surface area (Å²) in [4.78, 5) is 18.5. The summed E-state index contributed by atoms with van der Waals surface area (Å²) in [5, 5.41) is 5.97. The van der Waals surface area contributed by atoms with E-state index in [9.17, 15) is 4.79 Å². The Morgan fingerprint density at radius 2 is 1.71 bits per heavy atom. The van der Waals surface area contributed by atoms with Crippen LogP contribution in [0.25, 0.3) is 0 Å². The third-order valence-corrected chi connectivity index (χ3v) is 4.70. The maximum Gasteiger partial charge on any atom is 0.413 e. The second kappa shape index (κ2) is 8.50. The zero-order valence-corrected chi connectivity index (χ0v) is 17.2. The largest absolute Gasteiger partial charge is 0.444 e. The first-order valence-electron chi connectivity index (χ1n) is 9.86. The SMILES string of the molecule is CC1CCN(c2ccc(Nc3ccc(NC(=O)OC(C)(C)C)nc3)cc2)CC1. The number of benzene rings is 1. The van der Waals surface area contributed by atoms with Crippen LogP contribution in [0.5, 0.6) is 0 Å². The summed E-state index contributed by atoms with van der Waals surface area (Å²) in [6.45, 7) is 10.1. The first-order chi connectivity index (χ1) is 13.3. The fourth-order valence-corrected chi connectivity index (χ4v) is 3.14. The highest BCUT2D eigenvalue weighted by Gasteiger charge is 2.17. The maximum absolute atomic E-state index is 11.8. The smallest absolute Gasteiger partial charge is 0.413 e. The van der Waals surface area contributed by atoms with Crippen LogP contribution in [0.2, 0.25) is 0 Å². The van der Waals surface area contributed by atoms with Crippen LogP contribution in [0.3, 0.4) is 0 Å². The van der Waals surface area contributed by atoms with Gasteiger partial charge in [-0.25, -0.2) is 9.78 Å². The van der Waals surface area contributed by atoms with Crippen molar-refractivity contribution in [2.75, 3.05) is 28.6 Å². The zero-order valence-electron chi connectivity index (χ0n) is 17.2. The first kappa shape index (κ1) is 20.0. The molecule has 1 fully saturated rings. The van der Waals surface area contributed by atoms with E-state index in [0.717, 1.165) is 30.4 Å². The van der Waals surface area contributed by atoms with E-state index in [1.54, 1.807) is 12.3 Å². The highest BCUT2D eigenvalue weighted by Crippen LogP contribution is 2.25. The van der Waals surface area contributed by atoms with Gasteiger partial charge in [-0.3, -0.25) is 5.32 Å².